The molecule has 0 aliphatic heterocycles. The molecule has 0 unspecified atom stereocenters. The van der Waals surface area contributed by atoms with E-state index in [1.807, 2.05) is 0 Å². The van der Waals surface area contributed by atoms with Crippen molar-refractivity contribution in [1.82, 2.24) is 0 Å². The van der Waals surface area contributed by atoms with Gasteiger partial charge in [0.25, 0.3) is 0 Å². The van der Waals surface area contributed by atoms with Gasteiger partial charge in [-0.1, -0.05) is 24.3 Å². The Morgan fingerprint density at radius 2 is 1.50 bits per heavy atom. The molecular formula is C14H11NO3. The maximum atomic E-state index is 11.9. The van der Waals surface area contributed by atoms with Crippen LogP contribution in [-0.2, 0) is 0 Å². The summed E-state index contributed by atoms with van der Waals surface area (Å²) in [5.41, 5.74) is 0.466. The summed E-state index contributed by atoms with van der Waals surface area (Å²) in [6.45, 7) is 0. The summed E-state index contributed by atoms with van der Waals surface area (Å²) in [5, 5.41) is 29.1. The van der Waals surface area contributed by atoms with Crippen LogP contribution in [0.15, 0.2) is 24.3 Å². The number of rotatable bonds is 0. The number of ketones is 1. The molecule has 0 heterocycles. The smallest absolute Gasteiger partial charge is 0.167 e. The lowest BCUT2D eigenvalue weighted by atomic mass is 9.85. The standard InChI is InChI=1S/C14H11NO3/c15-9-5-6-10(16)12-11(9)13(17)7-3-1-2-4-8(7)14(12)18/h1-4,15,17-18H,5-6H2. The molecule has 2 aromatic rings. The molecule has 4 heteroatoms. The number of phenolic OH excluding ortho intramolecular Hbond substituents is 2. The predicted octanol–water partition coefficient (Wildman–Crippen LogP) is 2.60. The van der Waals surface area contributed by atoms with Gasteiger partial charge in [-0.05, 0) is 6.42 Å². The van der Waals surface area contributed by atoms with Gasteiger partial charge < -0.3 is 15.6 Å². The van der Waals surface area contributed by atoms with E-state index in [-0.39, 0.29) is 40.5 Å². The van der Waals surface area contributed by atoms with Crippen molar-refractivity contribution < 1.29 is 15.0 Å². The number of benzene rings is 2. The van der Waals surface area contributed by atoms with Gasteiger partial charge in [0, 0.05) is 22.9 Å². The third-order valence-corrected chi connectivity index (χ3v) is 3.34. The summed E-state index contributed by atoms with van der Waals surface area (Å²) in [7, 11) is 0. The maximum Gasteiger partial charge on any atom is 0.167 e. The largest absolute Gasteiger partial charge is 0.507 e. The lowest BCUT2D eigenvalue weighted by Crippen LogP contribution is -2.17. The Hall–Kier alpha value is -2.36. The Kier molecular flexibility index (Phi) is 2.13. The minimum atomic E-state index is -0.223. The van der Waals surface area contributed by atoms with E-state index in [1.165, 1.54) is 0 Å². The second-order valence-electron chi connectivity index (χ2n) is 4.39. The van der Waals surface area contributed by atoms with E-state index in [1.54, 1.807) is 24.3 Å². The fourth-order valence-corrected chi connectivity index (χ4v) is 2.46. The highest BCUT2D eigenvalue weighted by molar-refractivity contribution is 6.21. The van der Waals surface area contributed by atoms with Crippen molar-refractivity contribution in [3.8, 4) is 11.5 Å². The van der Waals surface area contributed by atoms with Gasteiger partial charge in [-0.2, -0.15) is 0 Å². The normalized spacial score (nSPS) is 14.9. The summed E-state index contributed by atoms with van der Waals surface area (Å²) in [4.78, 5) is 11.9. The first-order chi connectivity index (χ1) is 8.61. The van der Waals surface area contributed by atoms with Crippen molar-refractivity contribution in [3.05, 3.63) is 35.4 Å². The van der Waals surface area contributed by atoms with E-state index >= 15 is 0 Å². The number of Topliss-reactive ketones (excluding diaryl/α,β-unsaturated/α-hetero) is 1. The summed E-state index contributed by atoms with van der Waals surface area (Å²) < 4.78 is 0. The van der Waals surface area contributed by atoms with Crippen molar-refractivity contribution in [2.75, 3.05) is 0 Å². The molecule has 90 valence electrons. The number of phenols is 2. The molecule has 18 heavy (non-hydrogen) atoms. The van der Waals surface area contributed by atoms with Crippen LogP contribution in [0.1, 0.15) is 28.8 Å². The van der Waals surface area contributed by atoms with E-state index in [9.17, 15) is 15.0 Å². The zero-order valence-corrected chi connectivity index (χ0v) is 9.53. The van der Waals surface area contributed by atoms with Crippen LogP contribution in [0.2, 0.25) is 0 Å². The van der Waals surface area contributed by atoms with E-state index in [4.69, 9.17) is 5.41 Å². The number of hydrogen-bond acceptors (Lipinski definition) is 4. The van der Waals surface area contributed by atoms with Crippen LogP contribution in [0.5, 0.6) is 11.5 Å². The molecule has 0 radical (unpaired) electrons. The molecule has 1 aliphatic carbocycles. The highest BCUT2D eigenvalue weighted by Gasteiger charge is 2.29. The van der Waals surface area contributed by atoms with E-state index in [0.717, 1.165) is 0 Å². The van der Waals surface area contributed by atoms with Crippen molar-refractivity contribution in [1.29, 1.82) is 5.41 Å². The lowest BCUT2D eigenvalue weighted by Gasteiger charge is -2.20. The van der Waals surface area contributed by atoms with Crippen molar-refractivity contribution in [2.24, 2.45) is 0 Å². The molecule has 0 aromatic heterocycles. The molecule has 4 nitrogen and oxygen atoms in total. The van der Waals surface area contributed by atoms with Gasteiger partial charge in [0.15, 0.2) is 5.78 Å². The number of nitrogens with one attached hydrogen (secondary N) is 1. The summed E-state index contributed by atoms with van der Waals surface area (Å²) >= 11 is 0. The molecule has 1 aliphatic rings. The monoisotopic (exact) mass is 241 g/mol. The third kappa shape index (κ3) is 1.26. The van der Waals surface area contributed by atoms with Crippen LogP contribution in [-0.4, -0.2) is 21.7 Å². The first-order valence-corrected chi connectivity index (χ1v) is 5.69. The Morgan fingerprint density at radius 3 is 2.11 bits per heavy atom. The van der Waals surface area contributed by atoms with Gasteiger partial charge >= 0.3 is 0 Å². The fourth-order valence-electron chi connectivity index (χ4n) is 2.46. The third-order valence-electron chi connectivity index (χ3n) is 3.34. The second kappa shape index (κ2) is 3.57. The Labute approximate surface area is 103 Å². The molecule has 0 spiro atoms. The van der Waals surface area contributed by atoms with Crippen LogP contribution in [0, 0.1) is 5.41 Å². The minimum Gasteiger partial charge on any atom is -0.507 e. The fraction of sp³-hybridized carbons (Fsp3) is 0.143. The molecule has 0 amide bonds. The second-order valence-corrected chi connectivity index (χ2v) is 4.39. The minimum absolute atomic E-state index is 0.0856. The van der Waals surface area contributed by atoms with Crippen molar-refractivity contribution >= 4 is 22.3 Å². The van der Waals surface area contributed by atoms with Gasteiger partial charge in [-0.25, -0.2) is 0 Å². The topological polar surface area (TPSA) is 81.4 Å². The average Bonchev–Trinajstić information content (AvgIpc) is 2.38. The van der Waals surface area contributed by atoms with E-state index in [2.05, 4.69) is 0 Å². The maximum absolute atomic E-state index is 11.9. The zero-order valence-electron chi connectivity index (χ0n) is 9.53. The van der Waals surface area contributed by atoms with Crippen LogP contribution in [0.3, 0.4) is 0 Å². The van der Waals surface area contributed by atoms with Crippen LogP contribution in [0.25, 0.3) is 10.8 Å². The average molecular weight is 241 g/mol. The van der Waals surface area contributed by atoms with Gasteiger partial charge in [-0.15, -0.1) is 0 Å². The molecular weight excluding hydrogens is 230 g/mol. The molecule has 0 saturated heterocycles. The first kappa shape index (κ1) is 10.8. The van der Waals surface area contributed by atoms with Gasteiger partial charge in [0.05, 0.1) is 11.1 Å². The van der Waals surface area contributed by atoms with Crippen LogP contribution < -0.4 is 0 Å². The van der Waals surface area contributed by atoms with Crippen LogP contribution in [0.4, 0.5) is 0 Å². The Balaban J connectivity index is 2.54. The van der Waals surface area contributed by atoms with Gasteiger partial charge in [-0.3, -0.25) is 4.79 Å². The molecule has 3 rings (SSSR count). The molecule has 2 aromatic carbocycles. The lowest BCUT2D eigenvalue weighted by molar-refractivity contribution is 0.0979. The quantitative estimate of drug-likeness (QED) is 0.620. The van der Waals surface area contributed by atoms with E-state index in [0.29, 0.717) is 17.2 Å². The number of hydrogen-bond donors (Lipinski definition) is 3. The summed E-state index contributed by atoms with van der Waals surface area (Å²) in [6.07, 6.45) is 0.508. The first-order valence-electron chi connectivity index (χ1n) is 5.69. The number of carbonyl (C=O) groups excluding carboxylic acids is 1. The predicted molar refractivity (Wildman–Crippen MR) is 67.7 cm³/mol. The van der Waals surface area contributed by atoms with Crippen molar-refractivity contribution in [2.45, 2.75) is 12.8 Å². The van der Waals surface area contributed by atoms with E-state index < -0.39 is 0 Å². The molecule has 0 atom stereocenters. The highest BCUT2D eigenvalue weighted by atomic mass is 16.3. The zero-order chi connectivity index (χ0) is 12.9. The molecule has 0 fully saturated rings. The summed E-state index contributed by atoms with van der Waals surface area (Å²) in [6, 6.07) is 6.78. The molecule has 0 bridgehead atoms. The SMILES string of the molecule is N=C1CCC(=O)c2c1c(O)c1ccccc1c2O. The summed E-state index contributed by atoms with van der Waals surface area (Å²) in [5.74, 6) is -0.441. The number of aromatic hydroxyl groups is 2. The van der Waals surface area contributed by atoms with Crippen LogP contribution >= 0.6 is 0 Å². The number of carbonyl (C=O) groups is 1. The van der Waals surface area contributed by atoms with Gasteiger partial charge in [0.2, 0.25) is 0 Å². The Bertz CT molecular complexity index is 643. The molecule has 0 saturated carbocycles. The molecule has 3 N–H and O–H groups in total. The van der Waals surface area contributed by atoms with Gasteiger partial charge in [0.1, 0.15) is 11.5 Å². The Morgan fingerprint density at radius 1 is 0.944 bits per heavy atom. The van der Waals surface area contributed by atoms with Crippen molar-refractivity contribution in [3.63, 3.8) is 0 Å². The highest BCUT2D eigenvalue weighted by Crippen LogP contribution is 2.42. The number of fused-ring (bicyclic) bond motifs is 2.